The molecule has 0 heterocycles. The Bertz CT molecular complexity index is 739. The predicted molar refractivity (Wildman–Crippen MR) is 99.0 cm³/mol. The van der Waals surface area contributed by atoms with E-state index in [4.69, 9.17) is 0 Å². The zero-order valence-electron chi connectivity index (χ0n) is 15.4. The molecule has 4 saturated carbocycles. The lowest BCUT2D eigenvalue weighted by molar-refractivity contribution is -0.384. The number of nitro groups is 1. The van der Waals surface area contributed by atoms with Crippen molar-refractivity contribution in [1.82, 2.24) is 10.6 Å². The number of nitrogens with one attached hydrogen (secondary N) is 2. The average Bonchev–Trinajstić information content (AvgIpc) is 2.64. The van der Waals surface area contributed by atoms with Crippen molar-refractivity contribution in [3.05, 3.63) is 39.9 Å². The summed E-state index contributed by atoms with van der Waals surface area (Å²) in [7, 11) is 1.61. The van der Waals surface area contributed by atoms with Gasteiger partial charge in [-0.25, -0.2) is 0 Å². The first kappa shape index (κ1) is 17.9. The normalized spacial score (nSPS) is 32.0. The summed E-state index contributed by atoms with van der Waals surface area (Å²) < 4.78 is 0. The highest BCUT2D eigenvalue weighted by Crippen LogP contribution is 2.61. The lowest BCUT2D eigenvalue weighted by Gasteiger charge is -2.58. The molecule has 4 bridgehead atoms. The smallest absolute Gasteiger partial charge is 0.269 e. The van der Waals surface area contributed by atoms with Crippen molar-refractivity contribution in [2.75, 3.05) is 7.05 Å². The Labute approximate surface area is 158 Å². The van der Waals surface area contributed by atoms with Crippen LogP contribution in [-0.4, -0.2) is 29.8 Å². The number of benzene rings is 1. The zero-order valence-corrected chi connectivity index (χ0v) is 15.4. The fraction of sp³-hybridized carbons (Fsp3) is 0.600. The molecule has 4 aliphatic carbocycles. The van der Waals surface area contributed by atoms with E-state index >= 15 is 0 Å². The molecular formula is C20H25N3O4. The van der Waals surface area contributed by atoms with Gasteiger partial charge in [-0.1, -0.05) is 0 Å². The van der Waals surface area contributed by atoms with Gasteiger partial charge in [-0.3, -0.25) is 19.7 Å². The fourth-order valence-corrected chi connectivity index (χ4v) is 6.12. The minimum atomic E-state index is -0.557. The maximum absolute atomic E-state index is 12.8. The Morgan fingerprint density at radius 2 is 1.59 bits per heavy atom. The van der Waals surface area contributed by atoms with Crippen molar-refractivity contribution in [3.63, 3.8) is 0 Å². The number of nitro benzene ring substituents is 1. The van der Waals surface area contributed by atoms with E-state index in [1.165, 1.54) is 43.5 Å². The molecule has 0 aromatic heterocycles. The largest absolute Gasteiger partial charge is 0.357 e. The molecule has 4 fully saturated rings. The van der Waals surface area contributed by atoms with Crippen LogP contribution in [0.25, 0.3) is 0 Å². The number of rotatable bonds is 5. The first-order valence-electron chi connectivity index (χ1n) is 9.67. The Balaban J connectivity index is 1.57. The highest BCUT2D eigenvalue weighted by atomic mass is 16.6. The first-order valence-corrected chi connectivity index (χ1v) is 9.67. The Morgan fingerprint density at radius 1 is 1.07 bits per heavy atom. The van der Waals surface area contributed by atoms with Crippen molar-refractivity contribution in [1.29, 1.82) is 0 Å². The van der Waals surface area contributed by atoms with Crippen LogP contribution < -0.4 is 10.6 Å². The lowest BCUT2D eigenvalue weighted by Crippen LogP contribution is -2.61. The van der Waals surface area contributed by atoms with Gasteiger partial charge in [0.1, 0.15) is 6.04 Å². The molecule has 1 aromatic rings. The summed E-state index contributed by atoms with van der Waals surface area (Å²) in [5, 5.41) is 16.5. The van der Waals surface area contributed by atoms with E-state index < -0.39 is 11.0 Å². The molecule has 7 heteroatoms. The van der Waals surface area contributed by atoms with E-state index in [0.717, 1.165) is 19.3 Å². The van der Waals surface area contributed by atoms with E-state index in [9.17, 15) is 19.7 Å². The number of hydrogen-bond acceptors (Lipinski definition) is 4. The Kier molecular flexibility index (Phi) is 4.40. The van der Waals surface area contributed by atoms with Crippen molar-refractivity contribution >= 4 is 17.5 Å². The molecule has 4 aliphatic rings. The molecule has 7 nitrogen and oxygen atoms in total. The van der Waals surface area contributed by atoms with E-state index in [0.29, 0.717) is 23.3 Å². The third-order valence-electron chi connectivity index (χ3n) is 6.82. The van der Waals surface area contributed by atoms with Gasteiger partial charge in [0.15, 0.2) is 0 Å². The molecule has 2 N–H and O–H groups in total. The highest BCUT2D eigenvalue weighted by molar-refractivity contribution is 5.98. The van der Waals surface area contributed by atoms with Crippen molar-refractivity contribution in [2.45, 2.75) is 44.6 Å². The van der Waals surface area contributed by atoms with Gasteiger partial charge in [0.05, 0.1) is 4.92 Å². The van der Waals surface area contributed by atoms with Crippen molar-refractivity contribution < 1.29 is 14.5 Å². The van der Waals surface area contributed by atoms with Gasteiger partial charge in [0.25, 0.3) is 11.6 Å². The summed E-state index contributed by atoms with van der Waals surface area (Å²) >= 11 is 0. The zero-order chi connectivity index (χ0) is 19.2. The van der Waals surface area contributed by atoms with Crippen LogP contribution in [0.1, 0.15) is 48.9 Å². The third-order valence-corrected chi connectivity index (χ3v) is 6.82. The molecule has 1 unspecified atom stereocenters. The quantitative estimate of drug-likeness (QED) is 0.614. The number of carbonyl (C=O) groups is 2. The number of non-ortho nitro benzene ring substituents is 1. The molecule has 0 aliphatic heterocycles. The minimum Gasteiger partial charge on any atom is -0.357 e. The Hall–Kier alpha value is -2.44. The van der Waals surface area contributed by atoms with Gasteiger partial charge in [-0.05, 0) is 68.4 Å². The molecule has 5 rings (SSSR count). The van der Waals surface area contributed by atoms with Crippen LogP contribution in [0.3, 0.4) is 0 Å². The summed E-state index contributed by atoms with van der Waals surface area (Å²) in [5.74, 6) is 1.50. The number of nitrogens with zero attached hydrogens (tertiary/aromatic N) is 1. The summed E-state index contributed by atoms with van der Waals surface area (Å²) in [6.45, 7) is 0. The van der Waals surface area contributed by atoms with Crippen LogP contribution in [0, 0.1) is 33.3 Å². The van der Waals surface area contributed by atoms with E-state index in [1.807, 2.05) is 0 Å². The fourth-order valence-electron chi connectivity index (χ4n) is 6.12. The molecule has 2 amide bonds. The number of likely N-dealkylation sites (N-methyl/N-ethyl adjacent to an activating group) is 1. The molecule has 0 saturated heterocycles. The maximum atomic E-state index is 12.8. The molecule has 1 aromatic carbocycles. The van der Waals surface area contributed by atoms with Crippen molar-refractivity contribution in [2.24, 2.45) is 23.2 Å². The lowest BCUT2D eigenvalue weighted by atomic mass is 9.47. The topological polar surface area (TPSA) is 101 Å². The predicted octanol–water partition coefficient (Wildman–Crippen LogP) is 2.66. The standard InChI is InChI=1S/C20H25N3O4/c1-21-19(25)17(20-9-12-6-13(10-20)8-14(7-12)11-20)22-18(24)15-2-4-16(5-3-15)23(26)27/h2-5,12-14,17H,6-11H2,1H3,(H,21,25)(H,22,24). The van der Waals surface area contributed by atoms with Crippen molar-refractivity contribution in [3.8, 4) is 0 Å². The van der Waals surface area contributed by atoms with Gasteiger partial charge in [-0.15, -0.1) is 0 Å². The second kappa shape index (κ2) is 6.62. The number of hydrogen-bond donors (Lipinski definition) is 2. The SMILES string of the molecule is CNC(=O)C(NC(=O)c1ccc([N+](=O)[O-])cc1)C12CC3CC(CC(C3)C1)C2. The van der Waals surface area contributed by atoms with Gasteiger partial charge in [-0.2, -0.15) is 0 Å². The number of amides is 2. The van der Waals surface area contributed by atoms with E-state index in [1.54, 1.807) is 7.05 Å². The molecule has 27 heavy (non-hydrogen) atoms. The maximum Gasteiger partial charge on any atom is 0.269 e. The van der Waals surface area contributed by atoms with Gasteiger partial charge < -0.3 is 10.6 Å². The summed E-state index contributed by atoms with van der Waals surface area (Å²) in [4.78, 5) is 35.8. The molecule has 0 spiro atoms. The van der Waals surface area contributed by atoms with Gasteiger partial charge >= 0.3 is 0 Å². The van der Waals surface area contributed by atoms with Crippen LogP contribution in [0.4, 0.5) is 5.69 Å². The van der Waals surface area contributed by atoms with Crippen LogP contribution in [0.2, 0.25) is 0 Å². The summed E-state index contributed by atoms with van der Waals surface area (Å²) in [6, 6.07) is 4.95. The van der Waals surface area contributed by atoms with Crippen LogP contribution in [0.5, 0.6) is 0 Å². The molecule has 144 valence electrons. The van der Waals surface area contributed by atoms with Gasteiger partial charge in [0, 0.05) is 30.2 Å². The Morgan fingerprint density at radius 3 is 2.04 bits per heavy atom. The van der Waals surface area contributed by atoms with E-state index in [2.05, 4.69) is 10.6 Å². The second-order valence-corrected chi connectivity index (χ2v) is 8.60. The highest BCUT2D eigenvalue weighted by Gasteiger charge is 2.56. The molecular weight excluding hydrogens is 346 g/mol. The van der Waals surface area contributed by atoms with Crippen LogP contribution in [-0.2, 0) is 4.79 Å². The number of carbonyl (C=O) groups excluding carboxylic acids is 2. The molecule has 1 atom stereocenters. The summed E-state index contributed by atoms with van der Waals surface area (Å²) in [6.07, 6.45) is 6.77. The second-order valence-electron chi connectivity index (χ2n) is 8.60. The average molecular weight is 371 g/mol. The minimum absolute atomic E-state index is 0.0597. The van der Waals surface area contributed by atoms with Gasteiger partial charge in [0.2, 0.25) is 5.91 Å². The third kappa shape index (κ3) is 3.19. The monoisotopic (exact) mass is 371 g/mol. The molecule has 0 radical (unpaired) electrons. The van der Waals surface area contributed by atoms with E-state index in [-0.39, 0.29) is 22.9 Å². The summed E-state index contributed by atoms with van der Waals surface area (Å²) in [5.41, 5.74) is 0.111. The first-order chi connectivity index (χ1) is 12.9. The van der Waals surface area contributed by atoms with Crippen LogP contribution in [0.15, 0.2) is 24.3 Å². The van der Waals surface area contributed by atoms with Crippen LogP contribution >= 0.6 is 0 Å².